The maximum absolute atomic E-state index is 10.7. The summed E-state index contributed by atoms with van der Waals surface area (Å²) in [5, 5.41) is 12.2. The van der Waals surface area contributed by atoms with Crippen LogP contribution < -0.4 is 5.32 Å². The smallest absolute Gasteiger partial charge is 0.307 e. The van der Waals surface area contributed by atoms with Gasteiger partial charge in [-0.25, -0.2) is 0 Å². The summed E-state index contributed by atoms with van der Waals surface area (Å²) >= 11 is 1.79. The lowest BCUT2D eigenvalue weighted by Gasteiger charge is -2.24. The van der Waals surface area contributed by atoms with E-state index in [9.17, 15) is 4.79 Å². The van der Waals surface area contributed by atoms with E-state index in [0.717, 1.165) is 12.2 Å². The van der Waals surface area contributed by atoms with E-state index in [1.165, 1.54) is 0 Å². The summed E-state index contributed by atoms with van der Waals surface area (Å²) in [6, 6.07) is 0.450. The lowest BCUT2D eigenvalue weighted by Crippen LogP contribution is -2.43. The molecule has 0 aromatic carbocycles. The van der Waals surface area contributed by atoms with Crippen molar-refractivity contribution >= 4 is 17.7 Å². The predicted molar refractivity (Wildman–Crippen MR) is 61.9 cm³/mol. The van der Waals surface area contributed by atoms with E-state index >= 15 is 0 Å². The Morgan fingerprint density at radius 1 is 1.50 bits per heavy atom. The second-order valence-electron chi connectivity index (χ2n) is 3.64. The zero-order valence-corrected chi connectivity index (χ0v) is 10.2. The second-order valence-corrected chi connectivity index (χ2v) is 4.55. The molecule has 0 saturated heterocycles. The van der Waals surface area contributed by atoms with E-state index < -0.39 is 5.97 Å². The van der Waals surface area contributed by atoms with Crippen LogP contribution in [0.5, 0.6) is 0 Å². The molecule has 0 amide bonds. The zero-order valence-electron chi connectivity index (χ0n) is 9.41. The maximum atomic E-state index is 10.7. The highest BCUT2D eigenvalue weighted by atomic mass is 32.2. The minimum Gasteiger partial charge on any atom is -0.481 e. The van der Waals surface area contributed by atoms with Crippen molar-refractivity contribution in [1.29, 1.82) is 0 Å². The fourth-order valence-electron chi connectivity index (χ4n) is 1.21. The van der Waals surface area contributed by atoms with Gasteiger partial charge in [-0.15, -0.1) is 0 Å². The van der Waals surface area contributed by atoms with Crippen molar-refractivity contribution < 1.29 is 9.90 Å². The fraction of sp³-hybridized carbons (Fsp3) is 0.900. The summed E-state index contributed by atoms with van der Waals surface area (Å²) < 4.78 is 0. The van der Waals surface area contributed by atoms with Crippen molar-refractivity contribution in [2.24, 2.45) is 5.92 Å². The quantitative estimate of drug-likeness (QED) is 0.686. The number of rotatable bonds is 7. The van der Waals surface area contributed by atoms with E-state index in [4.69, 9.17) is 5.11 Å². The summed E-state index contributed by atoms with van der Waals surface area (Å²) in [4.78, 5) is 10.7. The molecule has 0 saturated carbocycles. The number of hydrogen-bond donors (Lipinski definition) is 2. The van der Waals surface area contributed by atoms with Gasteiger partial charge in [0.15, 0.2) is 0 Å². The molecular weight excluding hydrogens is 198 g/mol. The van der Waals surface area contributed by atoms with Crippen molar-refractivity contribution in [1.82, 2.24) is 5.32 Å². The second kappa shape index (κ2) is 7.12. The molecule has 3 unspecified atom stereocenters. The molecule has 0 aliphatic carbocycles. The van der Waals surface area contributed by atoms with Crippen LogP contribution in [0.1, 0.15) is 27.2 Å². The summed E-state index contributed by atoms with van der Waals surface area (Å²) in [7, 11) is 0. The number of carbonyl (C=O) groups is 1. The molecule has 0 aromatic rings. The van der Waals surface area contributed by atoms with Gasteiger partial charge in [0, 0.05) is 17.8 Å². The maximum Gasteiger partial charge on any atom is 0.307 e. The molecule has 0 aromatic heterocycles. The van der Waals surface area contributed by atoms with Crippen LogP contribution in [0.3, 0.4) is 0 Å². The molecule has 3 nitrogen and oxygen atoms in total. The summed E-state index contributed by atoms with van der Waals surface area (Å²) in [6.45, 7) is 5.79. The fourth-order valence-corrected chi connectivity index (χ4v) is 1.95. The molecule has 3 atom stereocenters. The highest BCUT2D eigenvalue weighted by molar-refractivity contribution is 7.98. The average molecular weight is 219 g/mol. The third kappa shape index (κ3) is 4.86. The number of carboxylic acid groups (broad SMARTS) is 1. The normalized spacial score (nSPS) is 17.4. The molecule has 0 fully saturated rings. The average Bonchev–Trinajstić information content (AvgIpc) is 2.15. The molecule has 0 spiro atoms. The first-order valence-corrected chi connectivity index (χ1v) is 6.40. The number of aliphatic carboxylic acids is 1. The lowest BCUT2D eigenvalue weighted by molar-refractivity contribution is -0.142. The minimum atomic E-state index is -0.732. The van der Waals surface area contributed by atoms with Gasteiger partial charge >= 0.3 is 5.97 Å². The van der Waals surface area contributed by atoms with E-state index in [2.05, 4.69) is 18.5 Å². The van der Waals surface area contributed by atoms with E-state index in [1.54, 1.807) is 18.7 Å². The van der Waals surface area contributed by atoms with Crippen molar-refractivity contribution in [2.45, 2.75) is 39.3 Å². The van der Waals surface area contributed by atoms with Crippen LogP contribution in [-0.2, 0) is 4.79 Å². The van der Waals surface area contributed by atoms with Crippen LogP contribution >= 0.6 is 11.8 Å². The van der Waals surface area contributed by atoms with Crippen LogP contribution in [0, 0.1) is 5.92 Å². The molecule has 2 N–H and O–H groups in total. The lowest BCUT2D eigenvalue weighted by atomic mass is 10.0. The Morgan fingerprint density at radius 3 is 2.43 bits per heavy atom. The zero-order chi connectivity index (χ0) is 11.1. The molecule has 4 heteroatoms. The molecule has 0 radical (unpaired) electrons. The topological polar surface area (TPSA) is 49.3 Å². The summed E-state index contributed by atoms with van der Waals surface area (Å²) in [5.41, 5.74) is 0. The van der Waals surface area contributed by atoms with E-state index in [-0.39, 0.29) is 12.0 Å². The van der Waals surface area contributed by atoms with Crippen LogP contribution in [0.2, 0.25) is 0 Å². The monoisotopic (exact) mass is 219 g/mol. The first-order valence-electron chi connectivity index (χ1n) is 5.00. The van der Waals surface area contributed by atoms with Gasteiger partial charge in [0.25, 0.3) is 0 Å². The van der Waals surface area contributed by atoms with Gasteiger partial charge in [-0.1, -0.05) is 13.8 Å². The Morgan fingerprint density at radius 2 is 2.07 bits per heavy atom. The van der Waals surface area contributed by atoms with Crippen molar-refractivity contribution in [3.8, 4) is 0 Å². The molecule has 0 rings (SSSR count). The van der Waals surface area contributed by atoms with Crippen LogP contribution in [0.25, 0.3) is 0 Å². The van der Waals surface area contributed by atoms with Gasteiger partial charge in [-0.05, 0) is 19.6 Å². The Kier molecular flexibility index (Phi) is 7.01. The molecule has 0 bridgehead atoms. The Hall–Kier alpha value is -0.220. The highest BCUT2D eigenvalue weighted by Crippen LogP contribution is 2.07. The Labute approximate surface area is 90.7 Å². The van der Waals surface area contributed by atoms with E-state index in [0.29, 0.717) is 6.04 Å². The Bertz CT molecular complexity index is 176. The van der Waals surface area contributed by atoms with E-state index in [1.807, 2.05) is 6.92 Å². The first-order chi connectivity index (χ1) is 6.52. The number of thioether (sulfide) groups is 1. The van der Waals surface area contributed by atoms with Gasteiger partial charge in [-0.2, -0.15) is 11.8 Å². The third-order valence-electron chi connectivity index (χ3n) is 2.50. The van der Waals surface area contributed by atoms with Crippen LogP contribution in [0.15, 0.2) is 0 Å². The highest BCUT2D eigenvalue weighted by Gasteiger charge is 2.21. The predicted octanol–water partition coefficient (Wildman–Crippen LogP) is 1.83. The van der Waals surface area contributed by atoms with Gasteiger partial charge in [0.1, 0.15) is 0 Å². The molecule has 14 heavy (non-hydrogen) atoms. The van der Waals surface area contributed by atoms with Crippen molar-refractivity contribution in [3.63, 3.8) is 0 Å². The van der Waals surface area contributed by atoms with Crippen molar-refractivity contribution in [3.05, 3.63) is 0 Å². The standard InChI is InChI=1S/C10H21NO2S/c1-5-9(6-14-4)11-8(3)7(2)10(12)13/h7-9,11H,5-6H2,1-4H3,(H,12,13). The summed E-state index contributed by atoms with van der Waals surface area (Å²) in [5.74, 6) is -0.0254. The largest absolute Gasteiger partial charge is 0.481 e. The molecule has 0 heterocycles. The van der Waals surface area contributed by atoms with Gasteiger partial charge in [0.05, 0.1) is 5.92 Å². The van der Waals surface area contributed by atoms with Crippen LogP contribution in [0.4, 0.5) is 0 Å². The van der Waals surface area contributed by atoms with Gasteiger partial charge in [-0.3, -0.25) is 4.79 Å². The minimum absolute atomic E-state index is 0.0320. The summed E-state index contributed by atoms with van der Waals surface area (Å²) in [6.07, 6.45) is 3.10. The Balaban J connectivity index is 4.00. The molecule has 84 valence electrons. The van der Waals surface area contributed by atoms with Crippen LogP contribution in [-0.4, -0.2) is 35.2 Å². The van der Waals surface area contributed by atoms with Gasteiger partial charge < -0.3 is 10.4 Å². The molecular formula is C10H21NO2S. The molecule has 0 aliphatic heterocycles. The third-order valence-corrected chi connectivity index (χ3v) is 3.23. The molecule has 0 aliphatic rings. The SMILES string of the molecule is CCC(CSC)NC(C)C(C)C(=O)O. The number of carboxylic acids is 1. The number of nitrogens with one attached hydrogen (secondary N) is 1. The van der Waals surface area contributed by atoms with Crippen molar-refractivity contribution in [2.75, 3.05) is 12.0 Å². The first kappa shape index (κ1) is 13.8. The number of hydrogen-bond acceptors (Lipinski definition) is 3. The van der Waals surface area contributed by atoms with Gasteiger partial charge in [0.2, 0.25) is 0 Å².